The molecule has 0 amide bonds. The quantitative estimate of drug-likeness (QED) is 0.0371. The lowest BCUT2D eigenvalue weighted by Crippen LogP contribution is -2.31. The lowest BCUT2D eigenvalue weighted by atomic mass is 9.86. The van der Waals surface area contributed by atoms with Crippen LogP contribution in [0.15, 0.2) is 291 Å². The zero-order chi connectivity index (χ0) is 107. The molecule has 784 valence electrons. The van der Waals surface area contributed by atoms with Crippen LogP contribution < -0.4 is 52.1 Å². The summed E-state index contributed by atoms with van der Waals surface area (Å²) in [6, 6.07) is 90.6. The van der Waals surface area contributed by atoms with Crippen LogP contribution in [-0.2, 0) is 39.3 Å². The summed E-state index contributed by atoms with van der Waals surface area (Å²) in [5, 5.41) is 84.3. The molecule has 0 radical (unpaired) electrons. The van der Waals surface area contributed by atoms with Crippen LogP contribution in [0.3, 0.4) is 0 Å². The fourth-order valence-electron chi connectivity index (χ4n) is 18.8. The molecule has 30 heteroatoms. The van der Waals surface area contributed by atoms with Crippen LogP contribution in [0.1, 0.15) is 199 Å². The number of rotatable bonds is 18. The highest BCUT2D eigenvalue weighted by Crippen LogP contribution is 2.60. The zero-order valence-corrected chi connectivity index (χ0v) is 90.9. The molecule has 0 spiro atoms. The summed E-state index contributed by atoms with van der Waals surface area (Å²) in [6.45, 7) is 8.40. The van der Waals surface area contributed by atoms with Gasteiger partial charge in [-0.05, 0) is 232 Å². The summed E-state index contributed by atoms with van der Waals surface area (Å²) in [5.74, 6) is 12.0. The van der Waals surface area contributed by atoms with E-state index in [0.29, 0.717) is 68.4 Å². The van der Waals surface area contributed by atoms with E-state index in [0.717, 1.165) is 128 Å². The molecule has 0 bridgehead atoms. The van der Waals surface area contributed by atoms with Crippen molar-refractivity contribution in [2.45, 2.75) is 130 Å². The summed E-state index contributed by atoms with van der Waals surface area (Å²) in [5.41, 5.74) is 22.8. The van der Waals surface area contributed by atoms with Crippen LogP contribution >= 0.6 is 82.3 Å². The Hall–Kier alpha value is -12.3. The number of aliphatic hydroxyl groups excluding tert-OH is 7. The Bertz CT molecular complexity index is 7020. The molecule has 7 aliphatic heterocycles. The summed E-state index contributed by atoms with van der Waals surface area (Å²) in [4.78, 5) is 1.67. The van der Waals surface area contributed by atoms with Gasteiger partial charge in [0.15, 0.2) is 34.5 Å². The number of methoxy groups -OCH3 is 10. The average Bonchev–Trinajstić information content (AvgIpc) is 0.761. The molecule has 21 rings (SSSR count). The molecule has 0 saturated carbocycles. The van der Waals surface area contributed by atoms with Gasteiger partial charge in [-0.25, -0.2) is 4.39 Å². The number of benzene rings is 14. The third-order valence-electron chi connectivity index (χ3n) is 26.7. The summed E-state index contributed by atoms with van der Waals surface area (Å²) >= 11 is 11.6. The maximum atomic E-state index is 13.2. The van der Waals surface area contributed by atoms with Crippen LogP contribution in [0.4, 0.5) is 17.6 Å². The number of aromatic hydroxyl groups is 1. The lowest BCUT2D eigenvalue weighted by molar-refractivity contribution is -0.274. The molecule has 11 unspecified atom stereocenters. The number of phenols is 1. The van der Waals surface area contributed by atoms with Gasteiger partial charge in [-0.1, -0.05) is 187 Å². The second-order valence-corrected chi connectivity index (χ2v) is 44.2. The second kappa shape index (κ2) is 51.2. The maximum Gasteiger partial charge on any atom is 0.573 e. The number of ether oxygens (including phenoxy) is 11. The first-order chi connectivity index (χ1) is 72.4. The normalized spacial score (nSPS) is 19.8. The molecule has 19 nitrogen and oxygen atoms in total. The molecule has 0 aromatic heterocycles. The first-order valence-corrected chi connectivity index (χ1v) is 55.1. The average molecular weight is 2170 g/mol. The van der Waals surface area contributed by atoms with Crippen molar-refractivity contribution in [3.8, 4) is 69.0 Å². The van der Waals surface area contributed by atoms with E-state index in [1.807, 2.05) is 206 Å². The fourth-order valence-corrected chi connectivity index (χ4v) is 27.6. The minimum Gasteiger partial charge on any atom is -0.508 e. The van der Waals surface area contributed by atoms with E-state index in [4.69, 9.17) is 47.4 Å². The smallest absolute Gasteiger partial charge is 0.508 e. The van der Waals surface area contributed by atoms with Crippen molar-refractivity contribution in [1.82, 2.24) is 0 Å². The monoisotopic (exact) mass is 2160 g/mol. The number of aryl methyl sites for hydroxylation is 2. The summed E-state index contributed by atoms with van der Waals surface area (Å²) in [7, 11) is 16.2. The van der Waals surface area contributed by atoms with Gasteiger partial charge in [-0.15, -0.1) is 95.5 Å². The minimum absolute atomic E-state index is 0.00786. The van der Waals surface area contributed by atoms with Crippen LogP contribution in [0, 0.1) is 19.7 Å². The van der Waals surface area contributed by atoms with E-state index < -0.39 is 36.9 Å². The number of phenolic OH excluding ortho intramolecular Hbond substituents is 1. The van der Waals surface area contributed by atoms with Crippen molar-refractivity contribution < 1.29 is 111 Å². The van der Waals surface area contributed by atoms with E-state index in [1.165, 1.54) is 87.2 Å². The Morgan fingerprint density at radius 3 is 1.29 bits per heavy atom. The first kappa shape index (κ1) is 112. The van der Waals surface area contributed by atoms with Gasteiger partial charge in [0.1, 0.15) is 51.8 Å². The van der Waals surface area contributed by atoms with Gasteiger partial charge in [0.2, 0.25) is 0 Å². The molecule has 150 heavy (non-hydrogen) atoms. The Balaban J connectivity index is 0.000000131. The fraction of sp³-hybridized carbons (Fsp3) is 0.267. The first-order valence-electron chi connectivity index (χ1n) is 48.1. The van der Waals surface area contributed by atoms with Crippen molar-refractivity contribution in [3.05, 3.63) is 425 Å². The Morgan fingerprint density at radius 2 is 0.760 bits per heavy atom. The van der Waals surface area contributed by atoms with Gasteiger partial charge >= 0.3 is 6.36 Å². The second-order valence-electron chi connectivity index (χ2n) is 35.9. The molecule has 0 fully saturated rings. The number of thioether (sulfide) groups is 7. The number of aliphatic hydroxyl groups is 7. The van der Waals surface area contributed by atoms with Gasteiger partial charge < -0.3 is 93.0 Å². The predicted octanol–water partition coefficient (Wildman–Crippen LogP) is 29.4. The molecule has 0 saturated heterocycles. The van der Waals surface area contributed by atoms with Crippen LogP contribution in [0.25, 0.3) is 21.3 Å². The van der Waals surface area contributed by atoms with Crippen LogP contribution in [0.2, 0.25) is 0 Å². The van der Waals surface area contributed by atoms with E-state index in [9.17, 15) is 58.4 Å². The minimum atomic E-state index is -4.72. The molecule has 0 aliphatic carbocycles. The Kier molecular flexibility index (Phi) is 38.2. The van der Waals surface area contributed by atoms with Crippen molar-refractivity contribution in [1.29, 1.82) is 0 Å². The third-order valence-corrected chi connectivity index (χ3v) is 36.1. The van der Waals surface area contributed by atoms with E-state index in [2.05, 4.69) is 93.1 Å². The third kappa shape index (κ3) is 25.8. The molecule has 7 aliphatic rings. The molecule has 14 aromatic carbocycles. The van der Waals surface area contributed by atoms with Crippen molar-refractivity contribution in [3.63, 3.8) is 0 Å². The topological polar surface area (TPSA) is 263 Å². The van der Waals surface area contributed by atoms with Crippen LogP contribution in [-0.4, -0.2) is 118 Å². The zero-order valence-electron chi connectivity index (χ0n) is 85.2. The highest BCUT2D eigenvalue weighted by Gasteiger charge is 2.43. The number of fused-ring (bicyclic) bond motifs is 7. The number of alkyl halides is 3. The number of hydrogen-bond acceptors (Lipinski definition) is 26. The van der Waals surface area contributed by atoms with Gasteiger partial charge in [0, 0.05) is 67.6 Å². The Morgan fingerprint density at radius 1 is 0.340 bits per heavy atom. The van der Waals surface area contributed by atoms with Gasteiger partial charge in [-0.3, -0.25) is 0 Å². The summed E-state index contributed by atoms with van der Waals surface area (Å²) in [6.07, 6.45) is -7.61. The van der Waals surface area contributed by atoms with Crippen molar-refractivity contribution >= 4 is 104 Å². The van der Waals surface area contributed by atoms with E-state index in [-0.39, 0.29) is 59.8 Å². The summed E-state index contributed by atoms with van der Waals surface area (Å²) < 4.78 is 107. The van der Waals surface area contributed by atoms with Gasteiger partial charge in [-0.2, -0.15) is 0 Å². The highest BCUT2D eigenvalue weighted by atomic mass is 32.2. The molecular formula is C120H120F4O19S7. The molecule has 7 heterocycles. The standard InChI is InChI=1S/C18H20O4S.C18H18O4S.C18H20O4S.C17H15F3O3S.C17H18OS.C16H13FO2S.C16H16OS/c2*1-20-12-6-4-11(5-7-12)18-16(19)13-8-9-15(21-2)17(22-3)14(13)10-23-18;1-10-15-13(8-9-14(21-2)17(15)22-3)16(20)18(23-10)11-4-6-12(19)7-5-11;1-22-12-4-2-10(3-5-12)16-15(21)14-7-6-13(23-17(18,19)20)8-11(14)9-24-16;1-12-8-9-13-11-19-17(2,16(18)15(13)10-12)14-6-4-3-5-7-14;1-19-13-5-2-10(3-6-13)16-15(18)14-7-4-12(17)8-11(14)9-20-16;1-11-7-8-13-10-18-16(15(17)14(13)9-11)12-5-3-2-4-6-12/h4-9,16,18-19H,10H2,1-3H3;4-9,19H,10H2,1-3H3;4-10,16,18-20H,1-3H3;2-8,15-16,21H,9H2,1H3;3-10,16,18H,11H2,1-2H3;2-8,18H,9H2,1H3;2-9,15-17H,10H2,1H3. The number of hydrogen-bond donors (Lipinski definition) is 8. The van der Waals surface area contributed by atoms with Crippen molar-refractivity contribution in [2.24, 2.45) is 0 Å². The largest absolute Gasteiger partial charge is 0.573 e. The molecular weight excluding hydrogens is 2050 g/mol. The van der Waals surface area contributed by atoms with Gasteiger partial charge in [0.25, 0.3) is 0 Å². The lowest BCUT2D eigenvalue weighted by Gasteiger charge is -2.39. The maximum absolute atomic E-state index is 13.2. The van der Waals surface area contributed by atoms with Gasteiger partial charge in [0.05, 0.1) is 137 Å². The SMILES string of the molecule is COc1ccc(C2=C(O)c3ccc(F)cc3CS2)cc1.COc1ccc(C2=C(O)c3ccc(OC)c(OC)c3CS2)cc1.COc1ccc(C2SCc3c(ccc(OC)c3OC)C2O)cc1.COc1ccc(C2SCc3cc(OC(F)(F)F)ccc3C2O)cc1.COc1ccc2c(c1OC)C(C)SC(c1ccc(O)cc1)C2O.Cc1ccc2c(c1)C(O)C(C)(c1ccccc1)SC2.Cc1ccc2c(c1)C(O)C(c1ccccc1)SC2. The van der Waals surface area contributed by atoms with Crippen LogP contribution in [0.5, 0.6) is 69.0 Å². The number of halogens is 4. The van der Waals surface area contributed by atoms with E-state index in [1.54, 1.807) is 125 Å². The predicted molar refractivity (Wildman–Crippen MR) is 599 cm³/mol. The highest BCUT2D eigenvalue weighted by molar-refractivity contribution is 8.08. The van der Waals surface area contributed by atoms with E-state index >= 15 is 0 Å². The van der Waals surface area contributed by atoms with Crippen molar-refractivity contribution in [2.75, 3.05) is 71.1 Å². The molecule has 14 aromatic rings. The Labute approximate surface area is 902 Å². The molecule has 8 N–H and O–H groups in total. The molecule has 11 atom stereocenters.